The van der Waals surface area contributed by atoms with Crippen molar-refractivity contribution in [3.05, 3.63) is 29.6 Å². The second kappa shape index (κ2) is 4.67. The molecule has 2 nitrogen and oxygen atoms in total. The summed E-state index contributed by atoms with van der Waals surface area (Å²) in [5, 5.41) is 7.05. The van der Waals surface area contributed by atoms with Crippen molar-refractivity contribution in [1.82, 2.24) is 0 Å². The number of hydrogen-bond acceptors (Lipinski definition) is 3. The molecule has 0 unspecified atom stereocenters. The summed E-state index contributed by atoms with van der Waals surface area (Å²) in [5.74, 6) is 0. The lowest BCUT2D eigenvalue weighted by molar-refractivity contribution is 0.00300. The number of nitrogens with one attached hydrogen (secondary N) is 1. The maximum Gasteiger partial charge on any atom is 0.0614 e. The van der Waals surface area contributed by atoms with Crippen LogP contribution in [0.1, 0.15) is 19.8 Å². The van der Waals surface area contributed by atoms with Gasteiger partial charge in [0.25, 0.3) is 0 Å². The maximum atomic E-state index is 5.57. The Morgan fingerprint density at radius 3 is 3.06 bits per heavy atom. The Morgan fingerprint density at radius 1 is 1.35 bits per heavy atom. The van der Waals surface area contributed by atoms with E-state index in [1.165, 1.54) is 15.8 Å². The molecule has 0 bridgehead atoms. The van der Waals surface area contributed by atoms with E-state index in [0.717, 1.165) is 19.4 Å². The highest BCUT2D eigenvalue weighted by molar-refractivity contribution is 7.17. The number of hydrogen-bond donors (Lipinski definition) is 1. The monoisotopic (exact) mass is 247 g/mol. The molecule has 2 aromatic rings. The zero-order valence-electron chi connectivity index (χ0n) is 9.98. The van der Waals surface area contributed by atoms with Crippen LogP contribution < -0.4 is 5.32 Å². The third-order valence-corrected chi connectivity index (χ3v) is 4.22. The molecule has 1 aliphatic carbocycles. The molecule has 1 aromatic carbocycles. The molecule has 1 saturated carbocycles. The summed E-state index contributed by atoms with van der Waals surface area (Å²) < 4.78 is 6.92. The number of thiophene rings is 1. The van der Waals surface area contributed by atoms with Crippen molar-refractivity contribution in [3.8, 4) is 0 Å². The normalized spacial score (nSPS) is 23.6. The first-order valence-corrected chi connectivity index (χ1v) is 7.08. The number of rotatable bonds is 4. The van der Waals surface area contributed by atoms with Crippen molar-refractivity contribution in [2.45, 2.75) is 31.9 Å². The lowest BCUT2D eigenvalue weighted by Crippen LogP contribution is -2.40. The van der Waals surface area contributed by atoms with Crippen LogP contribution in [0.5, 0.6) is 0 Å². The van der Waals surface area contributed by atoms with E-state index in [2.05, 4.69) is 41.9 Å². The molecule has 3 heteroatoms. The number of anilines is 1. The molecular formula is C14H17NOS. The predicted octanol–water partition coefficient (Wildman–Crippen LogP) is 3.88. The average molecular weight is 247 g/mol. The van der Waals surface area contributed by atoms with Gasteiger partial charge in [-0.05, 0) is 54.8 Å². The molecule has 1 heterocycles. The van der Waals surface area contributed by atoms with Crippen LogP contribution in [-0.2, 0) is 4.74 Å². The van der Waals surface area contributed by atoms with Crippen LogP contribution in [0.25, 0.3) is 10.1 Å². The zero-order chi connectivity index (χ0) is 11.7. The molecule has 17 heavy (non-hydrogen) atoms. The minimum atomic E-state index is 0.474. The Balaban J connectivity index is 1.62. The Kier molecular flexibility index (Phi) is 3.04. The standard InChI is InChI=1S/C14H17NOS/c1-2-16-13-8-12(9-13)15-11-3-4-14-10(7-11)5-6-17-14/h3-7,12-13,15H,2,8-9H2,1H3. The van der Waals surface area contributed by atoms with E-state index in [-0.39, 0.29) is 0 Å². The third-order valence-electron chi connectivity index (χ3n) is 3.32. The lowest BCUT2D eigenvalue weighted by atomic mass is 9.89. The van der Waals surface area contributed by atoms with Crippen molar-refractivity contribution in [3.63, 3.8) is 0 Å². The summed E-state index contributed by atoms with van der Waals surface area (Å²) in [4.78, 5) is 0. The minimum absolute atomic E-state index is 0.474. The van der Waals surface area contributed by atoms with Crippen molar-refractivity contribution in [2.75, 3.05) is 11.9 Å². The fourth-order valence-electron chi connectivity index (χ4n) is 2.35. The number of ether oxygens (including phenoxy) is 1. The highest BCUT2D eigenvalue weighted by Crippen LogP contribution is 2.29. The van der Waals surface area contributed by atoms with Crippen LogP contribution in [0.15, 0.2) is 29.6 Å². The maximum absolute atomic E-state index is 5.57. The average Bonchev–Trinajstić information content (AvgIpc) is 2.73. The van der Waals surface area contributed by atoms with Crippen LogP contribution >= 0.6 is 11.3 Å². The topological polar surface area (TPSA) is 21.3 Å². The van der Waals surface area contributed by atoms with E-state index in [1.807, 2.05) is 0 Å². The van der Waals surface area contributed by atoms with E-state index in [0.29, 0.717) is 12.1 Å². The van der Waals surface area contributed by atoms with Crippen molar-refractivity contribution < 1.29 is 4.74 Å². The van der Waals surface area contributed by atoms with Gasteiger partial charge in [0.2, 0.25) is 0 Å². The van der Waals surface area contributed by atoms with Crippen LogP contribution in [0.2, 0.25) is 0 Å². The minimum Gasteiger partial charge on any atom is -0.382 e. The molecule has 1 N–H and O–H groups in total. The van der Waals surface area contributed by atoms with E-state index in [4.69, 9.17) is 4.74 Å². The van der Waals surface area contributed by atoms with Crippen LogP contribution in [0, 0.1) is 0 Å². The summed E-state index contributed by atoms with van der Waals surface area (Å²) >= 11 is 1.79. The van der Waals surface area contributed by atoms with Gasteiger partial charge in [0.05, 0.1) is 6.10 Å². The van der Waals surface area contributed by atoms with Gasteiger partial charge in [0.1, 0.15) is 0 Å². The molecule has 90 valence electrons. The molecule has 0 radical (unpaired) electrons. The molecule has 0 spiro atoms. The summed E-state index contributed by atoms with van der Waals surface area (Å²) in [7, 11) is 0. The molecule has 1 aliphatic rings. The van der Waals surface area contributed by atoms with Gasteiger partial charge in [-0.2, -0.15) is 0 Å². The van der Waals surface area contributed by atoms with E-state index in [1.54, 1.807) is 11.3 Å². The Hall–Kier alpha value is -1.06. The SMILES string of the molecule is CCOC1CC(Nc2ccc3sccc3c2)C1. The third kappa shape index (κ3) is 2.31. The fourth-order valence-corrected chi connectivity index (χ4v) is 3.12. The molecular weight excluding hydrogens is 230 g/mol. The summed E-state index contributed by atoms with van der Waals surface area (Å²) in [6, 6.07) is 9.37. The largest absolute Gasteiger partial charge is 0.382 e. The molecule has 3 rings (SSSR count). The van der Waals surface area contributed by atoms with Gasteiger partial charge < -0.3 is 10.1 Å². The van der Waals surface area contributed by atoms with E-state index >= 15 is 0 Å². The molecule has 0 saturated heterocycles. The molecule has 0 amide bonds. The van der Waals surface area contributed by atoms with Gasteiger partial charge in [-0.3, -0.25) is 0 Å². The van der Waals surface area contributed by atoms with Crippen LogP contribution in [-0.4, -0.2) is 18.8 Å². The zero-order valence-corrected chi connectivity index (χ0v) is 10.8. The quantitative estimate of drug-likeness (QED) is 0.885. The molecule has 0 atom stereocenters. The highest BCUT2D eigenvalue weighted by Gasteiger charge is 2.29. The van der Waals surface area contributed by atoms with Gasteiger partial charge in [-0.25, -0.2) is 0 Å². The predicted molar refractivity (Wildman–Crippen MR) is 73.9 cm³/mol. The second-order valence-corrected chi connectivity index (χ2v) is 5.51. The fraction of sp³-hybridized carbons (Fsp3) is 0.429. The first-order valence-electron chi connectivity index (χ1n) is 6.20. The van der Waals surface area contributed by atoms with Crippen molar-refractivity contribution >= 4 is 27.1 Å². The Labute approximate surface area is 106 Å². The van der Waals surface area contributed by atoms with Crippen LogP contribution in [0.3, 0.4) is 0 Å². The van der Waals surface area contributed by atoms with Gasteiger partial charge in [-0.15, -0.1) is 11.3 Å². The summed E-state index contributed by atoms with van der Waals surface area (Å²) in [6.45, 7) is 2.89. The highest BCUT2D eigenvalue weighted by atomic mass is 32.1. The molecule has 1 fully saturated rings. The number of benzene rings is 1. The van der Waals surface area contributed by atoms with Gasteiger partial charge >= 0.3 is 0 Å². The summed E-state index contributed by atoms with van der Waals surface area (Å²) in [5.41, 5.74) is 1.23. The Morgan fingerprint density at radius 2 is 2.24 bits per heavy atom. The first kappa shape index (κ1) is 11.1. The van der Waals surface area contributed by atoms with E-state index in [9.17, 15) is 0 Å². The van der Waals surface area contributed by atoms with Gasteiger partial charge in [-0.1, -0.05) is 0 Å². The van der Waals surface area contributed by atoms with Gasteiger partial charge in [0.15, 0.2) is 0 Å². The molecule has 0 aliphatic heterocycles. The second-order valence-electron chi connectivity index (χ2n) is 4.56. The van der Waals surface area contributed by atoms with E-state index < -0.39 is 0 Å². The lowest BCUT2D eigenvalue weighted by Gasteiger charge is -2.36. The van der Waals surface area contributed by atoms with Gasteiger partial charge in [0, 0.05) is 23.0 Å². The van der Waals surface area contributed by atoms with Crippen molar-refractivity contribution in [1.29, 1.82) is 0 Å². The summed E-state index contributed by atoms with van der Waals surface area (Å²) in [6.07, 6.45) is 2.74. The van der Waals surface area contributed by atoms with Crippen molar-refractivity contribution in [2.24, 2.45) is 0 Å². The first-order chi connectivity index (χ1) is 8.35. The molecule has 1 aromatic heterocycles. The smallest absolute Gasteiger partial charge is 0.0614 e. The Bertz CT molecular complexity index is 502. The number of fused-ring (bicyclic) bond motifs is 1. The van der Waals surface area contributed by atoms with Crippen LogP contribution in [0.4, 0.5) is 5.69 Å².